The fourth-order valence-corrected chi connectivity index (χ4v) is 2.64. The first-order chi connectivity index (χ1) is 14.4. The Balaban J connectivity index is 5.06. The Labute approximate surface area is 181 Å². The largest absolute Gasteiger partial charge is 0.481 e. The molecule has 0 aliphatic carbocycles. The quantitative estimate of drug-likeness (QED) is 0.146. The Morgan fingerprint density at radius 2 is 1.52 bits per heavy atom. The van der Waals surface area contributed by atoms with Crippen LogP contribution in [0.4, 0.5) is 0 Å². The number of hydrogen-bond donors (Lipinski definition) is 7. The van der Waals surface area contributed by atoms with Crippen LogP contribution in [0.15, 0.2) is 0 Å². The maximum Gasteiger partial charge on any atom is 0.326 e. The number of aliphatic carboxylic acids is 2. The van der Waals surface area contributed by atoms with Gasteiger partial charge in [-0.15, -0.1) is 0 Å². The standard InChI is InChI=1S/C19H35N5O7/c1-4-10(2)15(24-17(28)12(21)7-5-6-8-20)18(29)22-11(3)16(27)23-13(19(30)31)9-14(25)26/h10-13,15H,4-9,20-21H2,1-3H3,(H,22,29)(H,23,27)(H,24,28)(H,25,26)(H,30,31). The van der Waals surface area contributed by atoms with Gasteiger partial charge in [-0.1, -0.05) is 26.7 Å². The molecule has 0 heterocycles. The highest BCUT2D eigenvalue weighted by molar-refractivity contribution is 5.94. The van der Waals surface area contributed by atoms with Crippen molar-refractivity contribution in [2.75, 3.05) is 6.54 Å². The molecule has 5 unspecified atom stereocenters. The number of carboxylic acid groups (broad SMARTS) is 2. The van der Waals surface area contributed by atoms with Gasteiger partial charge in [0.15, 0.2) is 0 Å². The van der Waals surface area contributed by atoms with Gasteiger partial charge in [0.2, 0.25) is 17.7 Å². The maximum absolute atomic E-state index is 12.7. The first-order valence-corrected chi connectivity index (χ1v) is 10.3. The summed E-state index contributed by atoms with van der Waals surface area (Å²) in [5, 5.41) is 24.9. The van der Waals surface area contributed by atoms with Crippen molar-refractivity contribution in [1.82, 2.24) is 16.0 Å². The number of carbonyl (C=O) groups excluding carboxylic acids is 3. The van der Waals surface area contributed by atoms with Crippen molar-refractivity contribution in [3.8, 4) is 0 Å². The molecule has 0 aliphatic heterocycles. The van der Waals surface area contributed by atoms with Gasteiger partial charge in [0.25, 0.3) is 0 Å². The van der Waals surface area contributed by atoms with Crippen molar-refractivity contribution in [2.45, 2.75) is 77.0 Å². The Morgan fingerprint density at radius 3 is 2.00 bits per heavy atom. The minimum atomic E-state index is -1.64. The predicted octanol–water partition coefficient (Wildman–Crippen LogP) is -1.48. The molecule has 0 saturated heterocycles. The number of carboxylic acids is 2. The third-order valence-electron chi connectivity index (χ3n) is 4.84. The monoisotopic (exact) mass is 445 g/mol. The molecule has 0 radical (unpaired) electrons. The van der Waals surface area contributed by atoms with Gasteiger partial charge in [0.05, 0.1) is 12.5 Å². The lowest BCUT2D eigenvalue weighted by atomic mass is 9.97. The molecule has 3 amide bonds. The van der Waals surface area contributed by atoms with Crippen molar-refractivity contribution in [1.29, 1.82) is 0 Å². The maximum atomic E-state index is 12.7. The third-order valence-corrected chi connectivity index (χ3v) is 4.84. The molecule has 5 atom stereocenters. The Morgan fingerprint density at radius 1 is 0.903 bits per heavy atom. The molecule has 12 heteroatoms. The van der Waals surface area contributed by atoms with Crippen molar-refractivity contribution in [3.63, 3.8) is 0 Å². The lowest BCUT2D eigenvalue weighted by Gasteiger charge is -2.26. The number of hydrogen-bond acceptors (Lipinski definition) is 7. The van der Waals surface area contributed by atoms with E-state index in [-0.39, 0.29) is 5.92 Å². The summed E-state index contributed by atoms with van der Waals surface area (Å²) >= 11 is 0. The van der Waals surface area contributed by atoms with Crippen molar-refractivity contribution < 1.29 is 34.2 Å². The van der Waals surface area contributed by atoms with Crippen LogP contribution < -0.4 is 27.4 Å². The van der Waals surface area contributed by atoms with E-state index in [0.29, 0.717) is 25.8 Å². The van der Waals surface area contributed by atoms with E-state index in [2.05, 4.69) is 16.0 Å². The summed E-state index contributed by atoms with van der Waals surface area (Å²) < 4.78 is 0. The highest BCUT2D eigenvalue weighted by Crippen LogP contribution is 2.10. The molecule has 0 aromatic heterocycles. The molecule has 0 aromatic rings. The van der Waals surface area contributed by atoms with Crippen LogP contribution in [0.3, 0.4) is 0 Å². The van der Waals surface area contributed by atoms with E-state index in [1.165, 1.54) is 6.92 Å². The average molecular weight is 446 g/mol. The van der Waals surface area contributed by atoms with Crippen LogP contribution >= 0.6 is 0 Å². The summed E-state index contributed by atoms with van der Waals surface area (Å²) in [5.41, 5.74) is 11.3. The number of rotatable bonds is 15. The normalized spacial score (nSPS) is 15.6. The molecule has 31 heavy (non-hydrogen) atoms. The van der Waals surface area contributed by atoms with Gasteiger partial charge in [-0.3, -0.25) is 19.2 Å². The Bertz CT molecular complexity index is 643. The van der Waals surface area contributed by atoms with E-state index in [4.69, 9.17) is 21.7 Å². The van der Waals surface area contributed by atoms with E-state index in [0.717, 1.165) is 6.42 Å². The van der Waals surface area contributed by atoms with Gasteiger partial charge in [0.1, 0.15) is 18.1 Å². The second-order valence-electron chi connectivity index (χ2n) is 7.49. The molecule has 0 aromatic carbocycles. The van der Waals surface area contributed by atoms with E-state index >= 15 is 0 Å². The molecule has 0 bridgehead atoms. The first-order valence-electron chi connectivity index (χ1n) is 10.3. The molecule has 9 N–H and O–H groups in total. The van der Waals surface area contributed by atoms with Crippen LogP contribution in [0.5, 0.6) is 0 Å². The molecular formula is C19H35N5O7. The van der Waals surface area contributed by atoms with Crippen LogP contribution in [0, 0.1) is 5.92 Å². The minimum Gasteiger partial charge on any atom is -0.481 e. The van der Waals surface area contributed by atoms with Gasteiger partial charge in [0, 0.05) is 0 Å². The predicted molar refractivity (Wildman–Crippen MR) is 112 cm³/mol. The zero-order valence-corrected chi connectivity index (χ0v) is 18.2. The summed E-state index contributed by atoms with van der Waals surface area (Å²) in [6.07, 6.45) is 1.55. The van der Waals surface area contributed by atoms with Crippen molar-refractivity contribution in [2.24, 2.45) is 17.4 Å². The molecule has 0 spiro atoms. The lowest BCUT2D eigenvalue weighted by Crippen LogP contribution is -2.58. The van der Waals surface area contributed by atoms with E-state index in [1.54, 1.807) is 6.92 Å². The van der Waals surface area contributed by atoms with Crippen LogP contribution in [-0.4, -0.2) is 70.6 Å². The van der Waals surface area contributed by atoms with Gasteiger partial charge in [-0.25, -0.2) is 4.79 Å². The summed E-state index contributed by atoms with van der Waals surface area (Å²) in [4.78, 5) is 59.1. The van der Waals surface area contributed by atoms with Gasteiger partial charge >= 0.3 is 11.9 Å². The highest BCUT2D eigenvalue weighted by Gasteiger charge is 2.31. The van der Waals surface area contributed by atoms with Crippen LogP contribution in [-0.2, 0) is 24.0 Å². The molecular weight excluding hydrogens is 410 g/mol. The Kier molecular flexibility index (Phi) is 13.0. The van der Waals surface area contributed by atoms with E-state index in [1.807, 2.05) is 6.92 Å². The fraction of sp³-hybridized carbons (Fsp3) is 0.737. The number of amides is 3. The number of nitrogens with one attached hydrogen (secondary N) is 3. The smallest absolute Gasteiger partial charge is 0.326 e. The Hall–Kier alpha value is -2.73. The number of carbonyl (C=O) groups is 5. The summed E-state index contributed by atoms with van der Waals surface area (Å²) in [6.45, 7) is 5.39. The topological polar surface area (TPSA) is 214 Å². The average Bonchev–Trinajstić information content (AvgIpc) is 2.69. The van der Waals surface area contributed by atoms with E-state index in [9.17, 15) is 24.0 Å². The summed E-state index contributed by atoms with van der Waals surface area (Å²) in [7, 11) is 0. The first kappa shape index (κ1) is 28.3. The molecule has 178 valence electrons. The molecule has 0 rings (SSSR count). The number of nitrogens with two attached hydrogens (primary N) is 2. The molecule has 12 nitrogen and oxygen atoms in total. The van der Waals surface area contributed by atoms with Crippen molar-refractivity contribution in [3.05, 3.63) is 0 Å². The van der Waals surface area contributed by atoms with Gasteiger partial charge in [-0.05, 0) is 32.2 Å². The SMILES string of the molecule is CCC(C)C(NC(=O)C(N)CCCCN)C(=O)NC(C)C(=O)NC(CC(=O)O)C(=O)O. The number of unbranched alkanes of at least 4 members (excludes halogenated alkanes) is 1. The lowest BCUT2D eigenvalue weighted by molar-refractivity contribution is -0.147. The van der Waals surface area contributed by atoms with E-state index < -0.39 is 60.2 Å². The fourth-order valence-electron chi connectivity index (χ4n) is 2.64. The van der Waals surface area contributed by atoms with Crippen LogP contribution in [0.2, 0.25) is 0 Å². The van der Waals surface area contributed by atoms with Crippen LogP contribution in [0.1, 0.15) is 52.9 Å². The summed E-state index contributed by atoms with van der Waals surface area (Å²) in [6, 6.07) is -4.56. The highest BCUT2D eigenvalue weighted by atomic mass is 16.4. The second kappa shape index (κ2) is 14.3. The molecule has 0 fully saturated rings. The van der Waals surface area contributed by atoms with Gasteiger partial charge in [-0.2, -0.15) is 0 Å². The zero-order valence-electron chi connectivity index (χ0n) is 18.2. The minimum absolute atomic E-state index is 0.269. The molecule has 0 saturated carbocycles. The molecule has 0 aliphatic rings. The third kappa shape index (κ3) is 10.7. The second-order valence-corrected chi connectivity index (χ2v) is 7.49. The van der Waals surface area contributed by atoms with Gasteiger partial charge < -0.3 is 37.6 Å². The summed E-state index contributed by atoms with van der Waals surface area (Å²) in [5.74, 6) is -5.18. The zero-order chi connectivity index (χ0) is 24.1. The van der Waals surface area contributed by atoms with Crippen LogP contribution in [0.25, 0.3) is 0 Å². The van der Waals surface area contributed by atoms with Crippen molar-refractivity contribution >= 4 is 29.7 Å².